The molecule has 0 heterocycles. The van der Waals surface area contributed by atoms with Gasteiger partial charge in [-0.3, -0.25) is 9.59 Å². The minimum absolute atomic E-state index is 0.305. The molecular formula is C13H23NO3. The quantitative estimate of drug-likeness (QED) is 0.553. The Bertz CT molecular complexity index is 300. The summed E-state index contributed by atoms with van der Waals surface area (Å²) >= 11 is 0. The van der Waals surface area contributed by atoms with Gasteiger partial charge in [0.15, 0.2) is 0 Å². The average Bonchev–Trinajstić information content (AvgIpc) is 2.95. The lowest BCUT2D eigenvalue weighted by Crippen LogP contribution is -2.37. The lowest BCUT2D eigenvalue weighted by atomic mass is 9.90. The fourth-order valence-electron chi connectivity index (χ4n) is 1.81. The van der Waals surface area contributed by atoms with E-state index in [1.165, 1.54) is 0 Å². The smallest absolute Gasteiger partial charge is 0.319 e. The molecule has 1 fully saturated rings. The highest BCUT2D eigenvalue weighted by molar-refractivity contribution is 6.04. The van der Waals surface area contributed by atoms with E-state index < -0.39 is 11.4 Å². The van der Waals surface area contributed by atoms with Crippen molar-refractivity contribution < 1.29 is 14.7 Å². The van der Waals surface area contributed by atoms with Crippen LogP contribution in [0, 0.1) is 10.8 Å². The molecule has 0 bridgehead atoms. The van der Waals surface area contributed by atoms with Crippen molar-refractivity contribution >= 4 is 11.9 Å². The van der Waals surface area contributed by atoms with Crippen LogP contribution in [0.25, 0.3) is 0 Å². The van der Waals surface area contributed by atoms with E-state index >= 15 is 0 Å². The fourth-order valence-corrected chi connectivity index (χ4v) is 1.81. The zero-order chi connectivity index (χ0) is 13.1. The third-order valence-corrected chi connectivity index (χ3v) is 3.23. The van der Waals surface area contributed by atoms with Crippen molar-refractivity contribution in [1.29, 1.82) is 0 Å². The predicted molar refractivity (Wildman–Crippen MR) is 65.6 cm³/mol. The summed E-state index contributed by atoms with van der Waals surface area (Å²) in [6.45, 7) is 7.16. The second-order valence-electron chi connectivity index (χ2n) is 6.16. The Morgan fingerprint density at radius 2 is 1.82 bits per heavy atom. The highest BCUT2D eigenvalue weighted by Gasteiger charge is 2.56. The Morgan fingerprint density at radius 1 is 1.24 bits per heavy atom. The van der Waals surface area contributed by atoms with Crippen LogP contribution in [0.5, 0.6) is 0 Å². The van der Waals surface area contributed by atoms with Crippen molar-refractivity contribution in [2.45, 2.75) is 52.9 Å². The van der Waals surface area contributed by atoms with Crippen molar-refractivity contribution in [3.63, 3.8) is 0 Å². The van der Waals surface area contributed by atoms with Crippen LogP contribution >= 0.6 is 0 Å². The molecule has 4 nitrogen and oxygen atoms in total. The molecule has 0 aromatic rings. The summed E-state index contributed by atoms with van der Waals surface area (Å²) in [5.41, 5.74) is -0.771. The number of carbonyl (C=O) groups is 2. The molecule has 2 N–H and O–H groups in total. The minimum Gasteiger partial charge on any atom is -0.480 e. The van der Waals surface area contributed by atoms with Gasteiger partial charge in [0, 0.05) is 6.54 Å². The Kier molecular flexibility index (Phi) is 4.17. The predicted octanol–water partition coefficient (Wildman–Crippen LogP) is 2.18. The molecule has 4 heteroatoms. The van der Waals surface area contributed by atoms with E-state index in [0.29, 0.717) is 24.8 Å². The molecule has 0 spiro atoms. The number of rotatable bonds is 6. The Hall–Kier alpha value is -1.06. The van der Waals surface area contributed by atoms with E-state index in [1.807, 2.05) is 0 Å². The van der Waals surface area contributed by atoms with Gasteiger partial charge in [-0.25, -0.2) is 0 Å². The molecule has 0 aromatic heterocycles. The van der Waals surface area contributed by atoms with Gasteiger partial charge in [-0.05, 0) is 31.1 Å². The maximum absolute atomic E-state index is 11.6. The Labute approximate surface area is 103 Å². The van der Waals surface area contributed by atoms with Gasteiger partial charge in [0.05, 0.1) is 0 Å². The molecular weight excluding hydrogens is 218 g/mol. The number of carboxylic acids is 1. The van der Waals surface area contributed by atoms with Crippen LogP contribution in [-0.4, -0.2) is 23.5 Å². The van der Waals surface area contributed by atoms with Crippen molar-refractivity contribution in [1.82, 2.24) is 5.32 Å². The Morgan fingerprint density at radius 3 is 2.24 bits per heavy atom. The summed E-state index contributed by atoms with van der Waals surface area (Å²) in [5, 5.41) is 11.7. The number of carboxylic acid groups (broad SMARTS) is 1. The molecule has 0 aromatic carbocycles. The van der Waals surface area contributed by atoms with Crippen molar-refractivity contribution in [3.8, 4) is 0 Å². The highest BCUT2D eigenvalue weighted by Crippen LogP contribution is 2.46. The topological polar surface area (TPSA) is 66.4 Å². The third-order valence-electron chi connectivity index (χ3n) is 3.23. The number of hydrogen-bond donors (Lipinski definition) is 2. The molecule has 0 saturated heterocycles. The fraction of sp³-hybridized carbons (Fsp3) is 0.846. The second-order valence-corrected chi connectivity index (χ2v) is 6.16. The first-order valence-corrected chi connectivity index (χ1v) is 6.30. The van der Waals surface area contributed by atoms with Crippen LogP contribution in [0.3, 0.4) is 0 Å². The number of hydrogen-bond acceptors (Lipinski definition) is 2. The molecule has 1 aliphatic carbocycles. The molecule has 0 atom stereocenters. The van der Waals surface area contributed by atoms with Gasteiger partial charge in [-0.1, -0.05) is 27.2 Å². The summed E-state index contributed by atoms with van der Waals surface area (Å²) in [4.78, 5) is 22.5. The number of nitrogens with one attached hydrogen (secondary N) is 1. The SMILES string of the molecule is CC(C)(C)CCCCNC(=O)C1(C(=O)O)CC1. The van der Waals surface area contributed by atoms with Crippen LogP contribution in [0.15, 0.2) is 0 Å². The number of carbonyl (C=O) groups excluding carboxylic acids is 1. The maximum atomic E-state index is 11.6. The van der Waals surface area contributed by atoms with E-state index in [1.54, 1.807) is 0 Å². The average molecular weight is 241 g/mol. The summed E-state index contributed by atoms with van der Waals surface area (Å²) in [5.74, 6) is -1.29. The number of aliphatic carboxylic acids is 1. The number of unbranched alkanes of at least 4 members (excludes halogenated alkanes) is 1. The van der Waals surface area contributed by atoms with E-state index in [-0.39, 0.29) is 5.91 Å². The molecule has 98 valence electrons. The van der Waals surface area contributed by atoms with Crippen LogP contribution in [0.1, 0.15) is 52.9 Å². The van der Waals surface area contributed by atoms with Crippen molar-refractivity contribution in [2.24, 2.45) is 10.8 Å². The van der Waals surface area contributed by atoms with Crippen molar-refractivity contribution in [3.05, 3.63) is 0 Å². The molecule has 0 radical (unpaired) electrons. The Balaban J connectivity index is 2.16. The minimum atomic E-state index is -1.09. The van der Waals surface area contributed by atoms with E-state index in [2.05, 4.69) is 26.1 Å². The largest absolute Gasteiger partial charge is 0.480 e. The molecule has 1 amide bonds. The van der Waals surface area contributed by atoms with Gasteiger partial charge >= 0.3 is 5.97 Å². The van der Waals surface area contributed by atoms with Crippen LogP contribution in [-0.2, 0) is 9.59 Å². The summed E-state index contributed by atoms with van der Waals surface area (Å²) in [6, 6.07) is 0. The van der Waals surface area contributed by atoms with Crippen LogP contribution in [0.2, 0.25) is 0 Å². The molecule has 17 heavy (non-hydrogen) atoms. The molecule has 1 saturated carbocycles. The van der Waals surface area contributed by atoms with Gasteiger partial charge < -0.3 is 10.4 Å². The number of amides is 1. The van der Waals surface area contributed by atoms with Crippen LogP contribution < -0.4 is 5.32 Å². The molecule has 1 aliphatic rings. The van der Waals surface area contributed by atoms with Gasteiger partial charge in [0.2, 0.25) is 5.91 Å². The lowest BCUT2D eigenvalue weighted by Gasteiger charge is -2.17. The molecule has 0 aliphatic heterocycles. The van der Waals surface area contributed by atoms with E-state index in [4.69, 9.17) is 5.11 Å². The highest BCUT2D eigenvalue weighted by atomic mass is 16.4. The first kappa shape index (κ1) is 14.0. The monoisotopic (exact) mass is 241 g/mol. The third kappa shape index (κ3) is 4.02. The summed E-state index contributed by atoms with van der Waals surface area (Å²) in [6.07, 6.45) is 4.06. The second kappa shape index (κ2) is 5.07. The van der Waals surface area contributed by atoms with Gasteiger partial charge in [0.1, 0.15) is 5.41 Å². The van der Waals surface area contributed by atoms with E-state index in [9.17, 15) is 9.59 Å². The van der Waals surface area contributed by atoms with Crippen LogP contribution in [0.4, 0.5) is 0 Å². The maximum Gasteiger partial charge on any atom is 0.319 e. The van der Waals surface area contributed by atoms with Gasteiger partial charge in [0.25, 0.3) is 0 Å². The summed E-state index contributed by atoms with van der Waals surface area (Å²) < 4.78 is 0. The lowest BCUT2D eigenvalue weighted by molar-refractivity contribution is -0.149. The zero-order valence-corrected chi connectivity index (χ0v) is 11.0. The normalized spacial score (nSPS) is 17.6. The van der Waals surface area contributed by atoms with E-state index in [0.717, 1.165) is 19.3 Å². The molecule has 1 rings (SSSR count). The molecule has 0 unspecified atom stereocenters. The van der Waals surface area contributed by atoms with Gasteiger partial charge in [-0.15, -0.1) is 0 Å². The standard InChI is InChI=1S/C13H23NO3/c1-12(2,3)6-4-5-9-14-10(15)13(7-8-13)11(16)17/h4-9H2,1-3H3,(H,14,15)(H,16,17). The van der Waals surface area contributed by atoms with Crippen molar-refractivity contribution in [2.75, 3.05) is 6.54 Å². The van der Waals surface area contributed by atoms with Gasteiger partial charge in [-0.2, -0.15) is 0 Å². The summed E-state index contributed by atoms with van der Waals surface area (Å²) in [7, 11) is 0. The zero-order valence-electron chi connectivity index (χ0n) is 11.0. The first-order chi connectivity index (χ1) is 7.78. The first-order valence-electron chi connectivity index (χ1n) is 6.30.